The fourth-order valence-corrected chi connectivity index (χ4v) is 2.79. The molecular weight excluding hydrogens is 168 g/mol. The summed E-state index contributed by atoms with van der Waals surface area (Å²) in [6.45, 7) is 3.14. The van der Waals surface area contributed by atoms with Crippen molar-refractivity contribution in [2.24, 2.45) is 0 Å². The minimum atomic E-state index is -3.49. The highest BCUT2D eigenvalue weighted by Gasteiger charge is 2.42. The Morgan fingerprint density at radius 3 is 2.27 bits per heavy atom. The lowest BCUT2D eigenvalue weighted by molar-refractivity contribution is 0.0753. The maximum Gasteiger partial charge on any atom is 0.273 e. The van der Waals surface area contributed by atoms with Crippen LogP contribution < -0.4 is 0 Å². The van der Waals surface area contributed by atoms with Crippen LogP contribution in [0.2, 0.25) is 0 Å². The zero-order valence-electron chi connectivity index (χ0n) is 6.57. The Bertz CT molecular complexity index is 236. The van der Waals surface area contributed by atoms with Crippen LogP contribution in [0, 0.1) is 0 Å². The fraction of sp³-hybridized carbons (Fsp3) is 1.00. The van der Waals surface area contributed by atoms with Crippen LogP contribution >= 0.6 is 0 Å². The van der Waals surface area contributed by atoms with Crippen LogP contribution in [-0.2, 0) is 14.3 Å². The monoisotopic (exact) mass is 180 g/mol. The van der Waals surface area contributed by atoms with E-state index >= 15 is 0 Å². The molecule has 1 heterocycles. The summed E-state index contributed by atoms with van der Waals surface area (Å²) in [5.41, 5.74) is -1.20. The van der Waals surface area contributed by atoms with Gasteiger partial charge < -0.3 is 5.11 Å². The van der Waals surface area contributed by atoms with E-state index in [4.69, 9.17) is 0 Å². The molecule has 0 unspecified atom stereocenters. The molecule has 11 heavy (non-hydrogen) atoms. The summed E-state index contributed by atoms with van der Waals surface area (Å²) in [5.74, 6) is 0. The van der Waals surface area contributed by atoms with Crippen LogP contribution in [0.5, 0.6) is 0 Å². The average molecular weight is 180 g/mol. The van der Waals surface area contributed by atoms with Gasteiger partial charge in [0, 0.05) is 0 Å². The summed E-state index contributed by atoms with van der Waals surface area (Å²) in [6, 6.07) is 0. The predicted molar refractivity (Wildman–Crippen MR) is 39.6 cm³/mol. The second-order valence-electron chi connectivity index (χ2n) is 3.25. The summed E-state index contributed by atoms with van der Waals surface area (Å²) in [5, 5.41) is 8.63. The molecule has 0 aliphatic carbocycles. The molecular formula is C6H12O4S. The number of aliphatic hydroxyl groups is 1. The number of hydrogen-bond donors (Lipinski definition) is 1. The third kappa shape index (κ3) is 1.72. The molecule has 0 aromatic heterocycles. The van der Waals surface area contributed by atoms with Crippen LogP contribution in [0.1, 0.15) is 20.3 Å². The van der Waals surface area contributed by atoms with Crippen molar-refractivity contribution in [3.63, 3.8) is 0 Å². The summed E-state index contributed by atoms with van der Waals surface area (Å²) in [6.07, 6.45) is 0.381. The van der Waals surface area contributed by atoms with E-state index in [-0.39, 0.29) is 6.61 Å². The van der Waals surface area contributed by atoms with E-state index in [0.717, 1.165) is 0 Å². The third-order valence-corrected chi connectivity index (χ3v) is 3.77. The summed E-state index contributed by atoms with van der Waals surface area (Å²) >= 11 is 0. The van der Waals surface area contributed by atoms with Crippen molar-refractivity contribution in [2.45, 2.75) is 31.1 Å². The molecule has 0 bridgehead atoms. The zero-order chi connectivity index (χ0) is 8.70. The Morgan fingerprint density at radius 1 is 1.55 bits per heavy atom. The van der Waals surface area contributed by atoms with Crippen LogP contribution in [0.25, 0.3) is 0 Å². The van der Waals surface area contributed by atoms with Gasteiger partial charge in [-0.25, -0.2) is 0 Å². The van der Waals surface area contributed by atoms with Gasteiger partial charge in [0.1, 0.15) is 5.25 Å². The highest BCUT2D eigenvalue weighted by Crippen LogP contribution is 2.27. The standard InChI is InChI=1S/C6H12O4S/c1-6(2,7)5-3-4-10-11(5,8)9/h5,7H,3-4H2,1-2H3/t5-/m1/s1. The Morgan fingerprint density at radius 2 is 2.09 bits per heavy atom. The minimum Gasteiger partial charge on any atom is -0.389 e. The minimum absolute atomic E-state index is 0.191. The van der Waals surface area contributed by atoms with Crippen molar-refractivity contribution in [2.75, 3.05) is 6.61 Å². The maximum atomic E-state index is 11.0. The lowest BCUT2D eigenvalue weighted by atomic mass is 10.0. The summed E-state index contributed by atoms with van der Waals surface area (Å²) in [7, 11) is -3.49. The quantitative estimate of drug-likeness (QED) is 0.571. The molecule has 5 heteroatoms. The molecule has 0 aromatic rings. The molecule has 1 atom stereocenters. The second-order valence-corrected chi connectivity index (χ2v) is 5.04. The Kier molecular flexibility index (Phi) is 1.98. The van der Waals surface area contributed by atoms with Crippen molar-refractivity contribution in [1.82, 2.24) is 0 Å². The molecule has 1 aliphatic heterocycles. The van der Waals surface area contributed by atoms with Crippen LogP contribution in [0.4, 0.5) is 0 Å². The molecule has 66 valence electrons. The zero-order valence-corrected chi connectivity index (χ0v) is 7.39. The van der Waals surface area contributed by atoms with Gasteiger partial charge in [-0.05, 0) is 20.3 Å². The molecule has 1 aliphatic rings. The molecule has 0 saturated carbocycles. The SMILES string of the molecule is CC(C)(O)[C@H]1CCOS1(=O)=O. The highest BCUT2D eigenvalue weighted by atomic mass is 32.2. The van der Waals surface area contributed by atoms with Gasteiger partial charge in [0.15, 0.2) is 0 Å². The maximum absolute atomic E-state index is 11.0. The van der Waals surface area contributed by atoms with Gasteiger partial charge in [-0.3, -0.25) is 4.18 Å². The molecule has 1 fully saturated rings. The molecule has 0 spiro atoms. The topological polar surface area (TPSA) is 63.6 Å². The highest BCUT2D eigenvalue weighted by molar-refractivity contribution is 7.87. The van der Waals surface area contributed by atoms with Gasteiger partial charge >= 0.3 is 0 Å². The first-order valence-corrected chi connectivity index (χ1v) is 4.92. The smallest absolute Gasteiger partial charge is 0.273 e. The molecule has 1 saturated heterocycles. The number of hydrogen-bond acceptors (Lipinski definition) is 4. The van der Waals surface area contributed by atoms with Crippen LogP contribution in [0.3, 0.4) is 0 Å². The fourth-order valence-electron chi connectivity index (χ4n) is 1.20. The van der Waals surface area contributed by atoms with E-state index in [1.54, 1.807) is 0 Å². The average Bonchev–Trinajstić information content (AvgIpc) is 2.06. The van der Waals surface area contributed by atoms with Crippen molar-refractivity contribution < 1.29 is 17.7 Å². The van der Waals surface area contributed by atoms with Gasteiger partial charge in [-0.15, -0.1) is 0 Å². The van der Waals surface area contributed by atoms with Gasteiger partial charge in [0.2, 0.25) is 0 Å². The molecule has 1 rings (SSSR count). The molecule has 0 radical (unpaired) electrons. The second kappa shape index (κ2) is 2.43. The van der Waals surface area contributed by atoms with Crippen molar-refractivity contribution in [1.29, 1.82) is 0 Å². The van der Waals surface area contributed by atoms with Gasteiger partial charge in [0.25, 0.3) is 10.1 Å². The Labute approximate surface area is 66.3 Å². The lowest BCUT2D eigenvalue weighted by Gasteiger charge is -2.22. The molecule has 0 amide bonds. The predicted octanol–water partition coefficient (Wildman–Crippen LogP) is -0.124. The van der Waals surface area contributed by atoms with Gasteiger partial charge in [0.05, 0.1) is 12.2 Å². The molecule has 1 N–H and O–H groups in total. The summed E-state index contributed by atoms with van der Waals surface area (Å²) < 4.78 is 26.5. The van der Waals surface area contributed by atoms with E-state index in [1.165, 1.54) is 13.8 Å². The largest absolute Gasteiger partial charge is 0.389 e. The van der Waals surface area contributed by atoms with E-state index in [0.29, 0.717) is 6.42 Å². The van der Waals surface area contributed by atoms with E-state index in [1.807, 2.05) is 0 Å². The summed E-state index contributed by atoms with van der Waals surface area (Å²) in [4.78, 5) is 0. The number of rotatable bonds is 1. The van der Waals surface area contributed by atoms with Crippen LogP contribution in [-0.4, -0.2) is 31.0 Å². The first-order valence-electron chi connectivity index (χ1n) is 3.44. The first kappa shape index (κ1) is 8.96. The van der Waals surface area contributed by atoms with Gasteiger partial charge in [-0.1, -0.05) is 0 Å². The van der Waals surface area contributed by atoms with Crippen molar-refractivity contribution in [3.8, 4) is 0 Å². The van der Waals surface area contributed by atoms with E-state index in [9.17, 15) is 13.5 Å². The normalized spacial score (nSPS) is 30.6. The molecule has 4 nitrogen and oxygen atoms in total. The van der Waals surface area contributed by atoms with Crippen molar-refractivity contribution >= 4 is 10.1 Å². The Hall–Kier alpha value is -0.130. The lowest BCUT2D eigenvalue weighted by Crippen LogP contribution is -2.38. The van der Waals surface area contributed by atoms with Crippen molar-refractivity contribution in [3.05, 3.63) is 0 Å². The first-order chi connectivity index (χ1) is 4.84. The van der Waals surface area contributed by atoms with E-state index in [2.05, 4.69) is 4.18 Å². The van der Waals surface area contributed by atoms with E-state index < -0.39 is 21.0 Å². The van der Waals surface area contributed by atoms with Crippen LogP contribution in [0.15, 0.2) is 0 Å². The molecule has 0 aromatic carbocycles. The Balaban J connectivity index is 2.91. The third-order valence-electron chi connectivity index (χ3n) is 1.76. The van der Waals surface area contributed by atoms with Gasteiger partial charge in [-0.2, -0.15) is 8.42 Å².